The first-order chi connectivity index (χ1) is 12.6. The molecule has 0 radical (unpaired) electrons. The second-order valence-electron chi connectivity index (χ2n) is 6.50. The SMILES string of the molecule is CCS(=O)(=O)N1CCC(c2nc(-c3ccc4c(c3)OCCO4)cs2)CC1. The summed E-state index contributed by atoms with van der Waals surface area (Å²) in [5, 5.41) is 3.15. The molecular formula is C18H22N2O4S2. The molecule has 2 aromatic rings. The molecule has 3 heterocycles. The fourth-order valence-electron chi connectivity index (χ4n) is 3.37. The molecule has 8 heteroatoms. The Morgan fingerprint density at radius 3 is 2.65 bits per heavy atom. The standard InChI is InChI=1S/C18H22N2O4S2/c1-2-26(21,22)20-7-5-13(6-8-20)18-19-15(12-25-18)14-3-4-16-17(11-14)24-10-9-23-16/h3-4,11-13H,2,5-10H2,1H3. The molecule has 1 aromatic heterocycles. The van der Waals surface area contributed by atoms with Gasteiger partial charge in [0.2, 0.25) is 10.0 Å². The minimum atomic E-state index is -3.08. The predicted octanol–water partition coefficient (Wildman–Crippen LogP) is 3.11. The highest BCUT2D eigenvalue weighted by Crippen LogP contribution is 2.37. The van der Waals surface area contributed by atoms with Gasteiger partial charge in [0.25, 0.3) is 0 Å². The van der Waals surface area contributed by atoms with Crippen LogP contribution in [0.25, 0.3) is 11.3 Å². The zero-order valence-corrected chi connectivity index (χ0v) is 16.3. The highest BCUT2D eigenvalue weighted by Gasteiger charge is 2.29. The second kappa shape index (κ2) is 7.17. The van der Waals surface area contributed by atoms with Gasteiger partial charge in [-0.2, -0.15) is 0 Å². The van der Waals surface area contributed by atoms with Crippen LogP contribution in [0.1, 0.15) is 30.7 Å². The third-order valence-corrected chi connectivity index (χ3v) is 7.81. The Labute approximate surface area is 157 Å². The highest BCUT2D eigenvalue weighted by atomic mass is 32.2. The summed E-state index contributed by atoms with van der Waals surface area (Å²) >= 11 is 1.65. The maximum absolute atomic E-state index is 12.0. The molecule has 1 fully saturated rings. The second-order valence-corrected chi connectivity index (χ2v) is 9.65. The van der Waals surface area contributed by atoms with E-state index in [9.17, 15) is 8.42 Å². The molecule has 0 aliphatic carbocycles. The van der Waals surface area contributed by atoms with E-state index < -0.39 is 10.0 Å². The van der Waals surface area contributed by atoms with Gasteiger partial charge < -0.3 is 9.47 Å². The fourth-order valence-corrected chi connectivity index (χ4v) is 5.51. The van der Waals surface area contributed by atoms with Crippen molar-refractivity contribution in [2.75, 3.05) is 32.1 Å². The molecule has 140 valence electrons. The number of fused-ring (bicyclic) bond motifs is 1. The molecule has 26 heavy (non-hydrogen) atoms. The van der Waals surface area contributed by atoms with E-state index in [1.807, 2.05) is 18.2 Å². The predicted molar refractivity (Wildman–Crippen MR) is 102 cm³/mol. The van der Waals surface area contributed by atoms with Gasteiger partial charge in [0.05, 0.1) is 16.5 Å². The van der Waals surface area contributed by atoms with Gasteiger partial charge in [-0.1, -0.05) is 0 Å². The van der Waals surface area contributed by atoms with Crippen molar-refractivity contribution in [3.8, 4) is 22.8 Å². The van der Waals surface area contributed by atoms with Crippen LogP contribution < -0.4 is 9.47 Å². The Morgan fingerprint density at radius 2 is 1.92 bits per heavy atom. The first-order valence-corrected chi connectivity index (χ1v) is 11.4. The number of rotatable bonds is 4. The van der Waals surface area contributed by atoms with E-state index >= 15 is 0 Å². The van der Waals surface area contributed by atoms with Crippen molar-refractivity contribution in [3.63, 3.8) is 0 Å². The molecule has 0 unspecified atom stereocenters. The fraction of sp³-hybridized carbons (Fsp3) is 0.500. The van der Waals surface area contributed by atoms with E-state index in [-0.39, 0.29) is 5.75 Å². The highest BCUT2D eigenvalue weighted by molar-refractivity contribution is 7.89. The van der Waals surface area contributed by atoms with Crippen LogP contribution in [-0.4, -0.2) is 49.8 Å². The Morgan fingerprint density at radius 1 is 1.19 bits per heavy atom. The normalized spacial score (nSPS) is 18.8. The summed E-state index contributed by atoms with van der Waals surface area (Å²) in [7, 11) is -3.08. The van der Waals surface area contributed by atoms with Gasteiger partial charge >= 0.3 is 0 Å². The maximum Gasteiger partial charge on any atom is 0.213 e. The van der Waals surface area contributed by atoms with Crippen molar-refractivity contribution in [2.45, 2.75) is 25.7 Å². The van der Waals surface area contributed by atoms with Crippen molar-refractivity contribution in [3.05, 3.63) is 28.6 Å². The van der Waals surface area contributed by atoms with Gasteiger partial charge in [-0.15, -0.1) is 11.3 Å². The largest absolute Gasteiger partial charge is 0.486 e. The van der Waals surface area contributed by atoms with Gasteiger partial charge in [0.1, 0.15) is 13.2 Å². The van der Waals surface area contributed by atoms with E-state index in [4.69, 9.17) is 14.5 Å². The lowest BCUT2D eigenvalue weighted by Crippen LogP contribution is -2.38. The molecule has 0 bridgehead atoms. The van der Waals surface area contributed by atoms with Crippen LogP contribution in [0.4, 0.5) is 0 Å². The van der Waals surface area contributed by atoms with Gasteiger partial charge in [0.15, 0.2) is 11.5 Å². The van der Waals surface area contributed by atoms with Crippen molar-refractivity contribution in [2.24, 2.45) is 0 Å². The van der Waals surface area contributed by atoms with E-state index in [0.29, 0.717) is 32.2 Å². The molecule has 0 atom stereocenters. The van der Waals surface area contributed by atoms with Crippen LogP contribution in [0.5, 0.6) is 11.5 Å². The monoisotopic (exact) mass is 394 g/mol. The third-order valence-electron chi connectivity index (χ3n) is 4.92. The van der Waals surface area contributed by atoms with Gasteiger partial charge in [0, 0.05) is 30.0 Å². The summed E-state index contributed by atoms with van der Waals surface area (Å²) in [4.78, 5) is 4.81. The Balaban J connectivity index is 1.47. The summed E-state index contributed by atoms with van der Waals surface area (Å²) in [6.45, 7) is 4.01. The minimum absolute atomic E-state index is 0.170. The summed E-state index contributed by atoms with van der Waals surface area (Å²) in [6.07, 6.45) is 1.65. The van der Waals surface area contributed by atoms with E-state index in [1.165, 1.54) is 0 Å². The van der Waals surface area contributed by atoms with Crippen LogP contribution in [0.15, 0.2) is 23.6 Å². The number of hydrogen-bond acceptors (Lipinski definition) is 6. The van der Waals surface area contributed by atoms with Gasteiger partial charge in [-0.3, -0.25) is 0 Å². The van der Waals surface area contributed by atoms with Crippen molar-refractivity contribution in [1.29, 1.82) is 0 Å². The topological polar surface area (TPSA) is 68.7 Å². The number of aromatic nitrogens is 1. The zero-order valence-electron chi connectivity index (χ0n) is 14.7. The number of thiazole rings is 1. The molecule has 6 nitrogen and oxygen atoms in total. The van der Waals surface area contributed by atoms with Crippen LogP contribution in [0.2, 0.25) is 0 Å². The molecule has 2 aliphatic rings. The van der Waals surface area contributed by atoms with E-state index in [0.717, 1.165) is 40.6 Å². The minimum Gasteiger partial charge on any atom is -0.486 e. The first-order valence-electron chi connectivity index (χ1n) is 8.90. The molecule has 2 aliphatic heterocycles. The average Bonchev–Trinajstić information content (AvgIpc) is 3.18. The lowest BCUT2D eigenvalue weighted by molar-refractivity contribution is 0.171. The van der Waals surface area contributed by atoms with Gasteiger partial charge in [-0.05, 0) is 38.0 Å². The van der Waals surface area contributed by atoms with Crippen LogP contribution in [0.3, 0.4) is 0 Å². The van der Waals surface area contributed by atoms with E-state index in [1.54, 1.807) is 22.6 Å². The third kappa shape index (κ3) is 3.45. The molecule has 0 amide bonds. The van der Waals surface area contributed by atoms with Gasteiger partial charge in [-0.25, -0.2) is 17.7 Å². The van der Waals surface area contributed by atoms with Crippen LogP contribution in [0, 0.1) is 0 Å². The Kier molecular flexibility index (Phi) is 4.90. The Hall–Kier alpha value is -1.64. The molecule has 1 saturated heterocycles. The molecular weight excluding hydrogens is 372 g/mol. The number of ether oxygens (including phenoxy) is 2. The average molecular weight is 395 g/mol. The molecule has 0 spiro atoms. The number of piperidine rings is 1. The molecule has 0 saturated carbocycles. The lowest BCUT2D eigenvalue weighted by atomic mass is 9.99. The summed E-state index contributed by atoms with van der Waals surface area (Å²) < 4.78 is 36.8. The van der Waals surface area contributed by atoms with Crippen LogP contribution >= 0.6 is 11.3 Å². The number of sulfonamides is 1. The molecule has 4 rings (SSSR count). The molecule has 0 N–H and O–H groups in total. The summed E-state index contributed by atoms with van der Waals surface area (Å²) in [5.41, 5.74) is 1.95. The van der Waals surface area contributed by atoms with Crippen molar-refractivity contribution in [1.82, 2.24) is 9.29 Å². The lowest BCUT2D eigenvalue weighted by Gasteiger charge is -2.29. The number of hydrogen-bond donors (Lipinski definition) is 0. The quantitative estimate of drug-likeness (QED) is 0.797. The summed E-state index contributed by atoms with van der Waals surface area (Å²) in [5.74, 6) is 2.04. The Bertz CT molecular complexity index is 886. The smallest absolute Gasteiger partial charge is 0.213 e. The van der Waals surface area contributed by atoms with E-state index in [2.05, 4.69) is 5.38 Å². The zero-order chi connectivity index (χ0) is 18.1. The number of nitrogens with zero attached hydrogens (tertiary/aromatic N) is 2. The van der Waals surface area contributed by atoms with Crippen LogP contribution in [-0.2, 0) is 10.0 Å². The first kappa shape index (κ1) is 17.8. The summed E-state index contributed by atoms with van der Waals surface area (Å²) in [6, 6.07) is 5.91. The molecule has 1 aromatic carbocycles. The van der Waals surface area contributed by atoms with Crippen molar-refractivity contribution >= 4 is 21.4 Å². The van der Waals surface area contributed by atoms with Crippen molar-refractivity contribution < 1.29 is 17.9 Å². The number of benzene rings is 1. The maximum atomic E-state index is 12.0.